The molecule has 0 aromatic rings. The van der Waals surface area contributed by atoms with Crippen molar-refractivity contribution in [3.8, 4) is 0 Å². The van der Waals surface area contributed by atoms with Crippen molar-refractivity contribution >= 4 is 29.7 Å². The van der Waals surface area contributed by atoms with Crippen molar-refractivity contribution in [2.75, 3.05) is 32.8 Å². The summed E-state index contributed by atoms with van der Waals surface area (Å²) >= 11 is 0. The first kappa shape index (κ1) is 49.3. The lowest BCUT2D eigenvalue weighted by Crippen LogP contribution is -2.51. The van der Waals surface area contributed by atoms with Crippen molar-refractivity contribution in [1.29, 1.82) is 0 Å². The second kappa shape index (κ2) is 22.6. The van der Waals surface area contributed by atoms with Crippen LogP contribution < -0.4 is 33.6 Å². The van der Waals surface area contributed by atoms with Gasteiger partial charge in [0.1, 0.15) is 12.1 Å². The fourth-order valence-corrected chi connectivity index (χ4v) is 11.6. The molecular formula is C46H82N8O6. The molecule has 4 aliphatic carbocycles. The molecule has 2 amide bonds. The number of ether oxygens (including phenoxy) is 3. The number of guanidine groups is 2. The third-order valence-corrected chi connectivity index (χ3v) is 14.7. The molecule has 0 saturated heterocycles. The summed E-state index contributed by atoms with van der Waals surface area (Å²) in [5.74, 6) is 3.22. The molecule has 9 atom stereocenters. The summed E-state index contributed by atoms with van der Waals surface area (Å²) < 4.78 is 17.7. The molecule has 0 heterocycles. The Morgan fingerprint density at radius 2 is 1.57 bits per heavy atom. The summed E-state index contributed by atoms with van der Waals surface area (Å²) in [6.07, 6.45) is 17.3. The van der Waals surface area contributed by atoms with Crippen molar-refractivity contribution in [2.24, 2.45) is 79.3 Å². The summed E-state index contributed by atoms with van der Waals surface area (Å²) in [6, 6.07) is -0.724. The summed E-state index contributed by atoms with van der Waals surface area (Å²) in [7, 11) is 0. The Bertz CT molecular complexity index is 1510. The van der Waals surface area contributed by atoms with Gasteiger partial charge in [0.25, 0.3) is 0 Å². The van der Waals surface area contributed by atoms with E-state index in [4.69, 9.17) is 37.1 Å². The fraction of sp³-hybridized carbons (Fsp3) is 0.848. The van der Waals surface area contributed by atoms with Crippen LogP contribution in [0, 0.1) is 46.3 Å². The van der Waals surface area contributed by atoms with Crippen molar-refractivity contribution in [3.05, 3.63) is 11.6 Å². The SMILES string of the molecule is CC(C)CCCC(C)C1CCC2C3CC=C4CC(OC(=O)NCCOC(C)(C)OCCNC(=O)CCC(=O)C(CCCCN=C(N)N)N=C(N)N)CCC4(C)C3CCC12C. The van der Waals surface area contributed by atoms with Gasteiger partial charge in [0.05, 0.1) is 13.2 Å². The van der Waals surface area contributed by atoms with Crippen molar-refractivity contribution < 1.29 is 28.6 Å². The van der Waals surface area contributed by atoms with Gasteiger partial charge in [-0.25, -0.2) is 9.79 Å². The van der Waals surface area contributed by atoms with Crippen LogP contribution in [0.5, 0.6) is 0 Å². The molecule has 0 radical (unpaired) electrons. The largest absolute Gasteiger partial charge is 0.446 e. The maximum Gasteiger partial charge on any atom is 0.407 e. The maximum absolute atomic E-state index is 12.9. The molecule has 9 unspecified atom stereocenters. The van der Waals surface area contributed by atoms with Crippen LogP contribution in [0.1, 0.15) is 151 Å². The van der Waals surface area contributed by atoms with E-state index in [1.54, 1.807) is 13.8 Å². The molecule has 0 aromatic heterocycles. The van der Waals surface area contributed by atoms with E-state index in [2.05, 4.69) is 61.3 Å². The number of alkyl carbamates (subject to hydrolysis) is 1. The summed E-state index contributed by atoms with van der Waals surface area (Å²) in [5.41, 5.74) is 23.9. The molecule has 342 valence electrons. The number of nitrogens with two attached hydrogens (primary N) is 4. The average Bonchev–Trinajstić information content (AvgIpc) is 3.53. The normalized spacial score (nSPS) is 28.3. The summed E-state index contributed by atoms with van der Waals surface area (Å²) in [5, 5.41) is 5.62. The van der Waals surface area contributed by atoms with E-state index in [1.807, 2.05) is 0 Å². The average molecular weight is 843 g/mol. The number of nitrogens with one attached hydrogen (secondary N) is 2. The van der Waals surface area contributed by atoms with Gasteiger partial charge in [-0.05, 0) is 124 Å². The highest BCUT2D eigenvalue weighted by Crippen LogP contribution is 2.67. The monoisotopic (exact) mass is 843 g/mol. The van der Waals surface area contributed by atoms with Crippen LogP contribution >= 0.6 is 0 Å². The quantitative estimate of drug-likeness (QED) is 0.0205. The Balaban J connectivity index is 1.11. The molecule has 3 saturated carbocycles. The number of nitrogens with zero attached hydrogens (tertiary/aromatic N) is 2. The van der Waals surface area contributed by atoms with Gasteiger partial charge < -0.3 is 47.8 Å². The van der Waals surface area contributed by atoms with Crippen molar-refractivity contribution in [2.45, 2.75) is 169 Å². The molecular weight excluding hydrogens is 761 g/mol. The van der Waals surface area contributed by atoms with Crippen LogP contribution in [0.15, 0.2) is 21.6 Å². The predicted molar refractivity (Wildman–Crippen MR) is 239 cm³/mol. The zero-order chi connectivity index (χ0) is 44.1. The molecule has 10 N–H and O–H groups in total. The number of carbonyl (C=O) groups is 3. The lowest BCUT2D eigenvalue weighted by Gasteiger charge is -2.58. The molecule has 0 bridgehead atoms. The van der Waals surface area contributed by atoms with E-state index in [1.165, 1.54) is 56.9 Å². The number of hydrogen-bond acceptors (Lipinski definition) is 8. The van der Waals surface area contributed by atoms with E-state index in [0.29, 0.717) is 31.2 Å². The first-order chi connectivity index (χ1) is 28.3. The molecule has 14 nitrogen and oxygen atoms in total. The van der Waals surface area contributed by atoms with Crippen LogP contribution in [0.2, 0.25) is 0 Å². The Morgan fingerprint density at radius 3 is 2.25 bits per heavy atom. The number of fused-ring (bicyclic) bond motifs is 5. The zero-order valence-electron chi connectivity index (χ0n) is 38.2. The smallest absolute Gasteiger partial charge is 0.407 e. The molecule has 3 fully saturated rings. The number of hydrogen-bond donors (Lipinski definition) is 6. The second-order valence-electron chi connectivity index (χ2n) is 19.8. The maximum atomic E-state index is 12.9. The predicted octanol–water partition coefficient (Wildman–Crippen LogP) is 6.44. The fourth-order valence-electron chi connectivity index (χ4n) is 11.6. The highest BCUT2D eigenvalue weighted by Gasteiger charge is 2.59. The highest BCUT2D eigenvalue weighted by molar-refractivity contribution is 5.90. The van der Waals surface area contributed by atoms with E-state index < -0.39 is 17.9 Å². The second-order valence-corrected chi connectivity index (χ2v) is 19.8. The minimum atomic E-state index is -0.943. The summed E-state index contributed by atoms with van der Waals surface area (Å²) in [6.45, 7) is 17.4. The number of aliphatic imine (C=N–C) groups is 2. The van der Waals surface area contributed by atoms with Crippen LogP contribution in [0.4, 0.5) is 4.79 Å². The first-order valence-corrected chi connectivity index (χ1v) is 23.2. The van der Waals surface area contributed by atoms with Gasteiger partial charge in [-0.2, -0.15) is 0 Å². The van der Waals surface area contributed by atoms with Crippen LogP contribution in [0.25, 0.3) is 0 Å². The van der Waals surface area contributed by atoms with Gasteiger partial charge >= 0.3 is 6.09 Å². The molecule has 60 heavy (non-hydrogen) atoms. The third-order valence-electron chi connectivity index (χ3n) is 14.7. The number of ketones is 1. The van der Waals surface area contributed by atoms with E-state index >= 15 is 0 Å². The number of carbonyl (C=O) groups excluding carboxylic acids is 3. The van der Waals surface area contributed by atoms with Gasteiger partial charge in [0.2, 0.25) is 5.91 Å². The van der Waals surface area contributed by atoms with Crippen LogP contribution in [-0.4, -0.2) is 80.5 Å². The van der Waals surface area contributed by atoms with Crippen LogP contribution in [0.3, 0.4) is 0 Å². The number of unbranched alkanes of at least 4 members (excludes halogenated alkanes) is 1. The lowest BCUT2D eigenvalue weighted by molar-refractivity contribution is -0.211. The molecule has 0 aromatic carbocycles. The van der Waals surface area contributed by atoms with E-state index in [-0.39, 0.29) is 74.3 Å². The minimum Gasteiger partial charge on any atom is -0.446 e. The van der Waals surface area contributed by atoms with Gasteiger partial charge in [0.15, 0.2) is 23.5 Å². The third kappa shape index (κ3) is 14.1. The van der Waals surface area contributed by atoms with Gasteiger partial charge in [-0.3, -0.25) is 14.6 Å². The standard InChI is InChI=1S/C46H82N8O6/c1-30(2)11-10-12-31(3)35-16-17-36-34-15-14-32-29-33(20-22-45(32,6)37(34)21-23-46(35,36)7)60-43(57)53-26-28-59-44(4,5)58-27-25-51-40(56)19-18-39(55)38(54-42(49)50)13-8-9-24-52-41(47)48/h14,30-31,33-38H,8-13,15-29H2,1-7H3,(H,51,56)(H,53,57)(H4,47,48,52)(H4,49,50,54). The number of rotatable bonds is 24. The number of amides is 2. The van der Waals surface area contributed by atoms with Gasteiger partial charge in [-0.1, -0.05) is 65.5 Å². The Kier molecular flexibility index (Phi) is 18.6. The van der Waals surface area contributed by atoms with Gasteiger partial charge in [-0.15, -0.1) is 0 Å². The number of Topliss-reactive ketones (excluding diaryl/α,β-unsaturated/α-hetero) is 1. The minimum absolute atomic E-state index is 0.00241. The highest BCUT2D eigenvalue weighted by atomic mass is 16.7. The molecule has 0 aliphatic heterocycles. The first-order valence-electron chi connectivity index (χ1n) is 23.2. The lowest BCUT2D eigenvalue weighted by atomic mass is 9.47. The molecule has 0 spiro atoms. The van der Waals surface area contributed by atoms with Crippen molar-refractivity contribution in [1.82, 2.24) is 10.6 Å². The Labute approximate surface area is 361 Å². The molecule has 14 heteroatoms. The zero-order valence-corrected chi connectivity index (χ0v) is 38.2. The topological polar surface area (TPSA) is 232 Å². The number of allylic oxidation sites excluding steroid dienone is 1. The summed E-state index contributed by atoms with van der Waals surface area (Å²) in [4.78, 5) is 46.0. The molecule has 4 rings (SSSR count). The van der Waals surface area contributed by atoms with Crippen LogP contribution in [-0.2, 0) is 23.8 Å². The van der Waals surface area contributed by atoms with E-state index in [0.717, 1.165) is 54.8 Å². The Hall–Kier alpha value is -3.39. The molecule has 4 aliphatic rings. The van der Waals surface area contributed by atoms with Gasteiger partial charge in [0, 0.05) is 38.9 Å². The van der Waals surface area contributed by atoms with Crippen molar-refractivity contribution in [3.63, 3.8) is 0 Å². The Morgan fingerprint density at radius 1 is 0.850 bits per heavy atom. The van der Waals surface area contributed by atoms with E-state index in [9.17, 15) is 14.4 Å².